The van der Waals surface area contributed by atoms with Gasteiger partial charge in [0.05, 0.1) is 11.2 Å². The second-order valence-corrected chi connectivity index (χ2v) is 4.74. The molecule has 3 rings (SSSR count). The van der Waals surface area contributed by atoms with Crippen LogP contribution in [0.2, 0.25) is 0 Å². The molecular weight excluding hydrogens is 172 g/mol. The Balaban J connectivity index is 1.97. The van der Waals surface area contributed by atoms with Gasteiger partial charge >= 0.3 is 0 Å². The zero-order chi connectivity index (χ0) is 9.76. The molecule has 0 bridgehead atoms. The fraction of sp³-hybridized carbons (Fsp3) is 0.583. The van der Waals surface area contributed by atoms with Crippen LogP contribution < -0.4 is 5.73 Å². The summed E-state index contributed by atoms with van der Waals surface area (Å²) in [5.41, 5.74) is 8.56. The number of hydrogen-bond donors (Lipinski definition) is 1. The van der Waals surface area contributed by atoms with Gasteiger partial charge in [-0.25, -0.2) is 0 Å². The largest absolute Gasteiger partial charge is 0.320 e. The van der Waals surface area contributed by atoms with Gasteiger partial charge in [-0.1, -0.05) is 12.5 Å². The molecule has 2 N–H and O–H groups in total. The van der Waals surface area contributed by atoms with Crippen LogP contribution in [0, 0.1) is 18.8 Å². The van der Waals surface area contributed by atoms with E-state index in [1.54, 1.807) is 0 Å². The van der Waals surface area contributed by atoms with Gasteiger partial charge in [0.1, 0.15) is 0 Å². The molecule has 14 heavy (non-hydrogen) atoms. The van der Waals surface area contributed by atoms with Gasteiger partial charge in [-0.2, -0.15) is 0 Å². The predicted molar refractivity (Wildman–Crippen MR) is 55.7 cm³/mol. The molecule has 1 aromatic rings. The second-order valence-electron chi connectivity index (χ2n) is 4.74. The lowest BCUT2D eigenvalue weighted by molar-refractivity contribution is 0.513. The normalized spacial score (nSPS) is 39.6. The first-order chi connectivity index (χ1) is 6.73. The van der Waals surface area contributed by atoms with Crippen LogP contribution in [0.1, 0.15) is 30.7 Å². The molecular formula is C12H16N2. The van der Waals surface area contributed by atoms with Crippen molar-refractivity contribution in [3.8, 4) is 0 Å². The number of pyridine rings is 1. The number of aryl methyl sites for hydroxylation is 1. The molecule has 2 aliphatic rings. The van der Waals surface area contributed by atoms with Crippen LogP contribution in [-0.4, -0.2) is 4.98 Å². The standard InChI is InChI=1S/C12H16N2/c1-8-4-2-7-11(14-8)12(13)9-5-3-6-10(9)12/h2,4,7,9-10H,3,5-6,13H2,1H3. The lowest BCUT2D eigenvalue weighted by Gasteiger charge is -2.14. The van der Waals surface area contributed by atoms with Crippen molar-refractivity contribution in [3.05, 3.63) is 29.6 Å². The third-order valence-corrected chi connectivity index (χ3v) is 3.97. The van der Waals surface area contributed by atoms with E-state index in [1.165, 1.54) is 19.3 Å². The molecule has 1 heterocycles. The Morgan fingerprint density at radius 1 is 1.36 bits per heavy atom. The minimum atomic E-state index is -0.0652. The smallest absolute Gasteiger partial charge is 0.0647 e. The molecule has 0 saturated heterocycles. The molecule has 74 valence electrons. The third-order valence-electron chi connectivity index (χ3n) is 3.97. The first-order valence-corrected chi connectivity index (χ1v) is 5.46. The minimum absolute atomic E-state index is 0.0652. The molecule has 0 aromatic carbocycles. The van der Waals surface area contributed by atoms with Crippen molar-refractivity contribution in [1.82, 2.24) is 4.98 Å². The Morgan fingerprint density at radius 3 is 2.71 bits per heavy atom. The number of hydrogen-bond acceptors (Lipinski definition) is 2. The Hall–Kier alpha value is -0.890. The van der Waals surface area contributed by atoms with Gasteiger partial charge in [-0.05, 0) is 43.7 Å². The topological polar surface area (TPSA) is 38.9 Å². The maximum atomic E-state index is 6.42. The van der Waals surface area contributed by atoms with E-state index in [1.807, 2.05) is 13.0 Å². The van der Waals surface area contributed by atoms with Crippen LogP contribution >= 0.6 is 0 Å². The third kappa shape index (κ3) is 0.921. The first kappa shape index (κ1) is 8.42. The van der Waals surface area contributed by atoms with E-state index in [9.17, 15) is 0 Å². The van der Waals surface area contributed by atoms with Crippen LogP contribution in [0.4, 0.5) is 0 Å². The molecule has 2 nitrogen and oxygen atoms in total. The monoisotopic (exact) mass is 188 g/mol. The van der Waals surface area contributed by atoms with E-state index in [4.69, 9.17) is 5.73 Å². The average Bonchev–Trinajstić information content (AvgIpc) is 2.62. The maximum Gasteiger partial charge on any atom is 0.0647 e. The van der Waals surface area contributed by atoms with Crippen molar-refractivity contribution in [2.45, 2.75) is 31.7 Å². The van der Waals surface area contributed by atoms with Crippen molar-refractivity contribution in [2.24, 2.45) is 17.6 Å². The van der Waals surface area contributed by atoms with Crippen molar-refractivity contribution in [2.75, 3.05) is 0 Å². The van der Waals surface area contributed by atoms with Crippen molar-refractivity contribution in [3.63, 3.8) is 0 Å². The average molecular weight is 188 g/mol. The lowest BCUT2D eigenvalue weighted by atomic mass is 10.0. The Morgan fingerprint density at radius 2 is 2.07 bits per heavy atom. The molecule has 2 fully saturated rings. The van der Waals surface area contributed by atoms with E-state index in [0.29, 0.717) is 0 Å². The summed E-state index contributed by atoms with van der Waals surface area (Å²) in [5.74, 6) is 1.44. The van der Waals surface area contributed by atoms with Crippen LogP contribution in [0.25, 0.3) is 0 Å². The highest BCUT2D eigenvalue weighted by Gasteiger charge is 2.65. The maximum absolute atomic E-state index is 6.42. The highest BCUT2D eigenvalue weighted by atomic mass is 15.0. The minimum Gasteiger partial charge on any atom is -0.320 e. The second kappa shape index (κ2) is 2.57. The molecule has 2 aliphatic carbocycles. The molecule has 0 aliphatic heterocycles. The highest BCUT2D eigenvalue weighted by molar-refractivity contribution is 5.31. The summed E-state index contributed by atoms with van der Waals surface area (Å²) in [5, 5.41) is 0. The van der Waals surface area contributed by atoms with Crippen LogP contribution in [0.5, 0.6) is 0 Å². The predicted octanol–water partition coefficient (Wildman–Crippen LogP) is 1.97. The molecule has 0 amide bonds. The van der Waals surface area contributed by atoms with Gasteiger partial charge in [0.15, 0.2) is 0 Å². The Labute approximate surface area is 84.5 Å². The van der Waals surface area contributed by atoms with Crippen LogP contribution in [0.15, 0.2) is 18.2 Å². The van der Waals surface area contributed by atoms with Crippen molar-refractivity contribution < 1.29 is 0 Å². The molecule has 1 aromatic heterocycles. The number of nitrogens with zero attached hydrogens (tertiary/aromatic N) is 1. The zero-order valence-corrected chi connectivity index (χ0v) is 8.53. The van der Waals surface area contributed by atoms with E-state index >= 15 is 0 Å². The molecule has 2 unspecified atom stereocenters. The quantitative estimate of drug-likeness (QED) is 0.731. The zero-order valence-electron chi connectivity index (χ0n) is 8.53. The summed E-state index contributed by atoms with van der Waals surface area (Å²) in [7, 11) is 0. The van der Waals surface area contributed by atoms with Crippen molar-refractivity contribution >= 4 is 0 Å². The Kier molecular flexibility index (Phi) is 1.55. The highest BCUT2D eigenvalue weighted by Crippen LogP contribution is 2.64. The summed E-state index contributed by atoms with van der Waals surface area (Å²) in [4.78, 5) is 4.56. The van der Waals surface area contributed by atoms with Crippen molar-refractivity contribution in [1.29, 1.82) is 0 Å². The van der Waals surface area contributed by atoms with E-state index in [-0.39, 0.29) is 5.54 Å². The SMILES string of the molecule is Cc1cccc(C2(N)C3CCCC32)n1. The number of rotatable bonds is 1. The summed E-state index contributed by atoms with van der Waals surface area (Å²) >= 11 is 0. The van der Waals surface area contributed by atoms with Gasteiger partial charge < -0.3 is 5.73 Å². The first-order valence-electron chi connectivity index (χ1n) is 5.46. The summed E-state index contributed by atoms with van der Waals surface area (Å²) < 4.78 is 0. The Bertz CT molecular complexity index is 362. The van der Waals surface area contributed by atoms with Crippen LogP contribution in [0.3, 0.4) is 0 Å². The van der Waals surface area contributed by atoms with Crippen LogP contribution in [-0.2, 0) is 5.54 Å². The lowest BCUT2D eigenvalue weighted by Crippen LogP contribution is -2.27. The van der Waals surface area contributed by atoms with Gasteiger partial charge in [0.25, 0.3) is 0 Å². The van der Waals surface area contributed by atoms with E-state index in [2.05, 4.69) is 17.1 Å². The summed E-state index contributed by atoms with van der Waals surface area (Å²) in [6.45, 7) is 2.03. The van der Waals surface area contributed by atoms with E-state index in [0.717, 1.165) is 23.2 Å². The molecule has 2 atom stereocenters. The molecule has 2 heteroatoms. The van der Waals surface area contributed by atoms with Gasteiger partial charge in [0, 0.05) is 5.69 Å². The van der Waals surface area contributed by atoms with E-state index < -0.39 is 0 Å². The molecule has 0 radical (unpaired) electrons. The van der Waals surface area contributed by atoms with Gasteiger partial charge in [-0.3, -0.25) is 4.98 Å². The van der Waals surface area contributed by atoms with Gasteiger partial charge in [0.2, 0.25) is 0 Å². The summed E-state index contributed by atoms with van der Waals surface area (Å²) in [6, 6.07) is 6.19. The fourth-order valence-corrected chi connectivity index (χ4v) is 3.16. The summed E-state index contributed by atoms with van der Waals surface area (Å²) in [6.07, 6.45) is 3.97. The molecule has 2 saturated carbocycles. The number of nitrogens with two attached hydrogens (primary N) is 1. The molecule has 0 spiro atoms. The number of fused-ring (bicyclic) bond motifs is 1. The fourth-order valence-electron chi connectivity index (χ4n) is 3.16. The number of aromatic nitrogens is 1. The van der Waals surface area contributed by atoms with Gasteiger partial charge in [-0.15, -0.1) is 0 Å².